The lowest BCUT2D eigenvalue weighted by Gasteiger charge is -2.21. The van der Waals surface area contributed by atoms with Crippen LogP contribution in [0, 0.1) is 0 Å². The van der Waals surface area contributed by atoms with Crippen LogP contribution in [0.25, 0.3) is 12.2 Å². The highest BCUT2D eigenvalue weighted by molar-refractivity contribution is 5.95. The Morgan fingerprint density at radius 1 is 0.818 bits per heavy atom. The van der Waals surface area contributed by atoms with Crippen LogP contribution in [-0.4, -0.2) is 36.9 Å². The fourth-order valence-corrected chi connectivity index (χ4v) is 3.45. The van der Waals surface area contributed by atoms with Gasteiger partial charge in [-0.1, -0.05) is 73.7 Å². The molecule has 0 spiro atoms. The van der Waals surface area contributed by atoms with E-state index in [1.54, 1.807) is 4.90 Å². The van der Waals surface area contributed by atoms with Crippen LogP contribution >= 0.6 is 0 Å². The third-order valence-electron chi connectivity index (χ3n) is 5.24. The molecule has 0 heterocycles. The van der Waals surface area contributed by atoms with Gasteiger partial charge in [0.2, 0.25) is 11.8 Å². The molecule has 0 bridgehead atoms. The molecule has 5 nitrogen and oxygen atoms in total. The highest BCUT2D eigenvalue weighted by Gasteiger charge is 2.17. The van der Waals surface area contributed by atoms with E-state index in [0.717, 1.165) is 28.8 Å². The van der Waals surface area contributed by atoms with E-state index < -0.39 is 0 Å². The monoisotopic (exact) mass is 441 g/mol. The van der Waals surface area contributed by atoms with E-state index in [4.69, 9.17) is 0 Å². The average molecular weight is 442 g/mol. The lowest BCUT2D eigenvalue weighted by atomic mass is 10.1. The highest BCUT2D eigenvalue weighted by Crippen LogP contribution is 2.15. The zero-order chi connectivity index (χ0) is 23.5. The number of nitrogens with zero attached hydrogens (tertiary/aromatic N) is 1. The van der Waals surface area contributed by atoms with E-state index in [9.17, 15) is 9.59 Å². The van der Waals surface area contributed by atoms with Gasteiger partial charge in [0.1, 0.15) is 0 Å². The maximum absolute atomic E-state index is 12.7. The minimum absolute atomic E-state index is 0.0403. The molecule has 3 aromatic carbocycles. The quantitative estimate of drug-likeness (QED) is 0.419. The van der Waals surface area contributed by atoms with Gasteiger partial charge in [0.05, 0.1) is 13.0 Å². The third kappa shape index (κ3) is 7.65. The van der Waals surface area contributed by atoms with E-state index in [1.165, 1.54) is 0 Å². The predicted octanol–water partition coefficient (Wildman–Crippen LogP) is 5.32. The number of benzene rings is 3. The summed E-state index contributed by atoms with van der Waals surface area (Å²) in [6, 6.07) is 25.4. The Morgan fingerprint density at radius 3 is 1.94 bits per heavy atom. The van der Waals surface area contributed by atoms with Crippen LogP contribution in [0.5, 0.6) is 0 Å². The van der Waals surface area contributed by atoms with E-state index in [2.05, 4.69) is 22.8 Å². The van der Waals surface area contributed by atoms with Gasteiger partial charge in [0, 0.05) is 25.0 Å². The summed E-state index contributed by atoms with van der Waals surface area (Å²) in [7, 11) is 1.90. The van der Waals surface area contributed by atoms with E-state index >= 15 is 0 Å². The van der Waals surface area contributed by atoms with Crippen molar-refractivity contribution in [3.8, 4) is 0 Å². The van der Waals surface area contributed by atoms with Crippen molar-refractivity contribution in [2.45, 2.75) is 19.8 Å². The van der Waals surface area contributed by atoms with Gasteiger partial charge < -0.3 is 15.5 Å². The lowest BCUT2D eigenvalue weighted by Crippen LogP contribution is -2.39. The number of rotatable bonds is 10. The molecule has 0 aliphatic rings. The van der Waals surface area contributed by atoms with Gasteiger partial charge in [-0.3, -0.25) is 9.59 Å². The average Bonchev–Trinajstić information content (AvgIpc) is 2.84. The summed E-state index contributed by atoms with van der Waals surface area (Å²) < 4.78 is 0. The van der Waals surface area contributed by atoms with Gasteiger partial charge in [0.15, 0.2) is 0 Å². The Morgan fingerprint density at radius 2 is 1.39 bits per heavy atom. The second-order valence-corrected chi connectivity index (χ2v) is 7.85. The van der Waals surface area contributed by atoms with Crippen LogP contribution in [0.3, 0.4) is 0 Å². The van der Waals surface area contributed by atoms with E-state index in [0.29, 0.717) is 18.7 Å². The second kappa shape index (κ2) is 12.2. The zero-order valence-electron chi connectivity index (χ0n) is 19.3. The van der Waals surface area contributed by atoms with Gasteiger partial charge in [0.25, 0.3) is 0 Å². The maximum atomic E-state index is 12.7. The van der Waals surface area contributed by atoms with Crippen LogP contribution in [0.1, 0.15) is 30.0 Å². The van der Waals surface area contributed by atoms with Crippen LogP contribution in [0.15, 0.2) is 78.9 Å². The van der Waals surface area contributed by atoms with Gasteiger partial charge in [-0.15, -0.1) is 0 Å². The molecule has 2 amide bonds. The first-order valence-corrected chi connectivity index (χ1v) is 11.2. The molecule has 3 rings (SSSR count). The number of amides is 2. The minimum atomic E-state index is -0.197. The zero-order valence-corrected chi connectivity index (χ0v) is 19.3. The largest absolute Gasteiger partial charge is 0.388 e. The molecule has 0 saturated heterocycles. The van der Waals surface area contributed by atoms with E-state index in [-0.39, 0.29) is 18.4 Å². The smallest absolute Gasteiger partial charge is 0.243 e. The summed E-state index contributed by atoms with van der Waals surface area (Å²) in [6.07, 6.45) is 5.18. The molecule has 170 valence electrons. The van der Waals surface area contributed by atoms with Crippen LogP contribution < -0.4 is 10.6 Å². The number of hydrogen-bond donors (Lipinski definition) is 2. The van der Waals surface area contributed by atoms with Crippen LogP contribution in [-0.2, 0) is 16.0 Å². The van der Waals surface area contributed by atoms with Crippen LogP contribution in [0.4, 0.5) is 11.4 Å². The Balaban J connectivity index is 1.54. The minimum Gasteiger partial charge on any atom is -0.388 e. The SMILES string of the molecule is CCCN(CC(=O)Nc1ccc(/C=C/c2ccc(NC)cc2)cc1)C(=O)Cc1ccccc1. The molecule has 0 aliphatic carbocycles. The summed E-state index contributed by atoms with van der Waals surface area (Å²) in [6.45, 7) is 2.60. The second-order valence-electron chi connectivity index (χ2n) is 7.85. The van der Waals surface area contributed by atoms with Crippen molar-refractivity contribution in [1.29, 1.82) is 0 Å². The molecule has 0 fully saturated rings. The fourth-order valence-electron chi connectivity index (χ4n) is 3.45. The van der Waals surface area contributed by atoms with Gasteiger partial charge in [-0.05, 0) is 47.4 Å². The van der Waals surface area contributed by atoms with Crippen molar-refractivity contribution < 1.29 is 9.59 Å². The summed E-state index contributed by atoms with van der Waals surface area (Å²) in [5.74, 6) is -0.237. The molecule has 0 saturated carbocycles. The van der Waals surface area contributed by atoms with Crippen molar-refractivity contribution >= 4 is 35.3 Å². The molecule has 2 N–H and O–H groups in total. The highest BCUT2D eigenvalue weighted by atomic mass is 16.2. The molecule has 3 aromatic rings. The van der Waals surface area contributed by atoms with Crippen molar-refractivity contribution in [1.82, 2.24) is 4.90 Å². The third-order valence-corrected chi connectivity index (χ3v) is 5.24. The number of hydrogen-bond acceptors (Lipinski definition) is 3. The summed E-state index contributed by atoms with van der Waals surface area (Å²) in [4.78, 5) is 26.9. The first-order chi connectivity index (χ1) is 16.1. The molecule has 0 aromatic heterocycles. The van der Waals surface area contributed by atoms with Gasteiger partial charge in [-0.2, -0.15) is 0 Å². The molecular formula is C28H31N3O2. The number of carbonyl (C=O) groups is 2. The predicted molar refractivity (Wildman–Crippen MR) is 137 cm³/mol. The fraction of sp³-hybridized carbons (Fsp3) is 0.214. The molecular weight excluding hydrogens is 410 g/mol. The van der Waals surface area contributed by atoms with Crippen LogP contribution in [0.2, 0.25) is 0 Å². The molecule has 33 heavy (non-hydrogen) atoms. The Kier molecular flexibility index (Phi) is 8.83. The maximum Gasteiger partial charge on any atom is 0.243 e. The van der Waals surface area contributed by atoms with Crippen molar-refractivity contribution in [3.05, 3.63) is 95.6 Å². The van der Waals surface area contributed by atoms with Crippen molar-refractivity contribution in [2.75, 3.05) is 30.8 Å². The number of carbonyl (C=O) groups excluding carboxylic acids is 2. The Hall–Kier alpha value is -3.86. The van der Waals surface area contributed by atoms with Gasteiger partial charge in [-0.25, -0.2) is 0 Å². The van der Waals surface area contributed by atoms with Crippen molar-refractivity contribution in [2.24, 2.45) is 0 Å². The Bertz CT molecular complexity index is 1060. The van der Waals surface area contributed by atoms with Crippen molar-refractivity contribution in [3.63, 3.8) is 0 Å². The summed E-state index contributed by atoms with van der Waals surface area (Å²) in [5.41, 5.74) is 4.89. The molecule has 0 aliphatic heterocycles. The topological polar surface area (TPSA) is 61.4 Å². The standard InChI is InChI=1S/C28H31N3O2/c1-3-19-31(28(33)20-24-7-5-4-6-8-24)21-27(32)30-26-17-13-23(14-18-26)10-9-22-11-15-25(29-2)16-12-22/h4-18,29H,3,19-21H2,1-2H3,(H,30,32)/b10-9+. The summed E-state index contributed by atoms with van der Waals surface area (Å²) >= 11 is 0. The lowest BCUT2D eigenvalue weighted by molar-refractivity contribution is -0.134. The van der Waals surface area contributed by atoms with E-state index in [1.807, 2.05) is 92.9 Å². The summed E-state index contributed by atoms with van der Waals surface area (Å²) in [5, 5.41) is 6.00. The Labute approximate surface area is 196 Å². The molecule has 5 heteroatoms. The number of anilines is 2. The number of nitrogens with one attached hydrogen (secondary N) is 2. The first kappa shape index (κ1) is 23.8. The van der Waals surface area contributed by atoms with Gasteiger partial charge >= 0.3 is 0 Å². The molecule has 0 atom stereocenters. The normalized spacial score (nSPS) is 10.7. The first-order valence-electron chi connectivity index (χ1n) is 11.2. The molecule has 0 radical (unpaired) electrons. The molecule has 0 unspecified atom stereocenters.